The van der Waals surface area contributed by atoms with Crippen molar-refractivity contribution in [3.8, 4) is 0 Å². The van der Waals surface area contributed by atoms with Crippen molar-refractivity contribution in [1.29, 1.82) is 0 Å². The van der Waals surface area contributed by atoms with Gasteiger partial charge >= 0.3 is 0 Å². The highest BCUT2D eigenvalue weighted by Crippen LogP contribution is 2.30. The van der Waals surface area contributed by atoms with Gasteiger partial charge in [0.15, 0.2) is 0 Å². The minimum atomic E-state index is -0.493. The predicted molar refractivity (Wildman–Crippen MR) is 69.8 cm³/mol. The summed E-state index contributed by atoms with van der Waals surface area (Å²) in [5, 5.41) is 0.833. The van der Waals surface area contributed by atoms with Gasteiger partial charge in [0.2, 0.25) is 0 Å². The molecule has 1 aliphatic rings. The summed E-state index contributed by atoms with van der Waals surface area (Å²) in [6.45, 7) is 0. The molecule has 1 amide bonds. The summed E-state index contributed by atoms with van der Waals surface area (Å²) in [6, 6.07) is 1.69. The SMILES string of the molecule is NC(=O)c1cc(SCC2CCCC2)ncc1N. The molecule has 1 heterocycles. The largest absolute Gasteiger partial charge is 0.397 e. The van der Waals surface area contributed by atoms with Gasteiger partial charge in [-0.1, -0.05) is 12.8 Å². The van der Waals surface area contributed by atoms with Gasteiger partial charge < -0.3 is 11.5 Å². The number of hydrogen-bond donors (Lipinski definition) is 2. The molecule has 0 saturated heterocycles. The molecule has 5 heteroatoms. The highest BCUT2D eigenvalue weighted by atomic mass is 32.2. The Bertz CT molecular complexity index is 416. The van der Waals surface area contributed by atoms with Crippen LogP contribution < -0.4 is 11.5 Å². The molecular formula is C12H17N3OS. The number of pyridine rings is 1. The molecule has 0 unspecified atom stereocenters. The molecule has 0 radical (unpaired) electrons. The Morgan fingerprint density at radius 2 is 2.18 bits per heavy atom. The Labute approximate surface area is 105 Å². The van der Waals surface area contributed by atoms with Gasteiger partial charge in [0.25, 0.3) is 5.91 Å². The van der Waals surface area contributed by atoms with E-state index < -0.39 is 5.91 Å². The number of carbonyl (C=O) groups is 1. The molecule has 0 aliphatic heterocycles. The van der Waals surface area contributed by atoms with Crippen LogP contribution in [0.1, 0.15) is 36.0 Å². The number of carbonyl (C=O) groups excluding carboxylic acids is 1. The highest BCUT2D eigenvalue weighted by molar-refractivity contribution is 7.99. The van der Waals surface area contributed by atoms with Gasteiger partial charge in [0, 0.05) is 5.75 Å². The molecule has 0 bridgehead atoms. The van der Waals surface area contributed by atoms with Crippen LogP contribution in [0.25, 0.3) is 0 Å². The topological polar surface area (TPSA) is 82.0 Å². The molecule has 1 aromatic heterocycles. The van der Waals surface area contributed by atoms with E-state index in [1.54, 1.807) is 17.8 Å². The molecule has 0 aromatic carbocycles. The van der Waals surface area contributed by atoms with E-state index in [9.17, 15) is 4.79 Å². The van der Waals surface area contributed by atoms with Crippen LogP contribution in [0.4, 0.5) is 5.69 Å². The van der Waals surface area contributed by atoms with E-state index in [1.807, 2.05) is 0 Å². The smallest absolute Gasteiger partial charge is 0.250 e. The summed E-state index contributed by atoms with van der Waals surface area (Å²) in [7, 11) is 0. The lowest BCUT2D eigenvalue weighted by Crippen LogP contribution is -2.14. The van der Waals surface area contributed by atoms with E-state index >= 15 is 0 Å². The van der Waals surface area contributed by atoms with Crippen molar-refractivity contribution in [3.05, 3.63) is 17.8 Å². The van der Waals surface area contributed by atoms with Crippen molar-refractivity contribution in [2.45, 2.75) is 30.7 Å². The average molecular weight is 251 g/mol. The third-order valence-corrected chi connectivity index (χ3v) is 4.27. The number of nitrogens with two attached hydrogens (primary N) is 2. The van der Waals surface area contributed by atoms with Gasteiger partial charge in [0.05, 0.1) is 22.5 Å². The molecule has 92 valence electrons. The van der Waals surface area contributed by atoms with E-state index in [-0.39, 0.29) is 0 Å². The average Bonchev–Trinajstić information content (AvgIpc) is 2.80. The van der Waals surface area contributed by atoms with Crippen LogP contribution in [0.2, 0.25) is 0 Å². The molecular weight excluding hydrogens is 234 g/mol. The van der Waals surface area contributed by atoms with Gasteiger partial charge in [-0.25, -0.2) is 4.98 Å². The monoisotopic (exact) mass is 251 g/mol. The Kier molecular flexibility index (Phi) is 3.89. The molecule has 4 N–H and O–H groups in total. The van der Waals surface area contributed by atoms with Crippen molar-refractivity contribution >= 4 is 23.4 Å². The first kappa shape index (κ1) is 12.2. The predicted octanol–water partition coefficient (Wildman–Crippen LogP) is 2.04. The second-order valence-corrected chi connectivity index (χ2v) is 5.48. The number of anilines is 1. The number of nitrogens with zero attached hydrogens (tertiary/aromatic N) is 1. The maximum atomic E-state index is 11.1. The third kappa shape index (κ3) is 3.12. The van der Waals surface area contributed by atoms with E-state index in [0.29, 0.717) is 11.3 Å². The quantitative estimate of drug-likeness (QED) is 0.802. The number of primary amides is 1. The molecule has 0 spiro atoms. The van der Waals surface area contributed by atoms with Gasteiger partial charge in [0.1, 0.15) is 0 Å². The van der Waals surface area contributed by atoms with E-state index in [4.69, 9.17) is 11.5 Å². The van der Waals surface area contributed by atoms with Gasteiger partial charge in [-0.15, -0.1) is 11.8 Å². The number of rotatable bonds is 4. The van der Waals surface area contributed by atoms with Gasteiger partial charge in [-0.3, -0.25) is 4.79 Å². The van der Waals surface area contributed by atoms with Crippen LogP contribution in [0.5, 0.6) is 0 Å². The molecule has 17 heavy (non-hydrogen) atoms. The minimum absolute atomic E-state index is 0.350. The van der Waals surface area contributed by atoms with Crippen molar-refractivity contribution in [3.63, 3.8) is 0 Å². The maximum Gasteiger partial charge on any atom is 0.250 e. The molecule has 1 aliphatic carbocycles. The Morgan fingerprint density at radius 3 is 2.82 bits per heavy atom. The fourth-order valence-electron chi connectivity index (χ4n) is 2.12. The Morgan fingerprint density at radius 1 is 1.47 bits per heavy atom. The molecule has 4 nitrogen and oxygen atoms in total. The van der Waals surface area contributed by atoms with Crippen molar-refractivity contribution < 1.29 is 4.79 Å². The Balaban J connectivity index is 2.00. The zero-order valence-corrected chi connectivity index (χ0v) is 10.5. The molecule has 0 atom stereocenters. The summed E-state index contributed by atoms with van der Waals surface area (Å²) < 4.78 is 0. The fraction of sp³-hybridized carbons (Fsp3) is 0.500. The number of thioether (sulfide) groups is 1. The zero-order chi connectivity index (χ0) is 12.3. The maximum absolute atomic E-state index is 11.1. The number of amides is 1. The van der Waals surface area contributed by atoms with Gasteiger partial charge in [-0.05, 0) is 24.8 Å². The molecule has 1 fully saturated rings. The van der Waals surface area contributed by atoms with Crippen LogP contribution in [-0.4, -0.2) is 16.6 Å². The summed E-state index contributed by atoms with van der Waals surface area (Å²) in [4.78, 5) is 15.4. The highest BCUT2D eigenvalue weighted by Gasteiger charge is 2.16. The van der Waals surface area contributed by atoms with Crippen LogP contribution in [0, 0.1) is 5.92 Å². The summed E-state index contributed by atoms with van der Waals surface area (Å²) in [5.74, 6) is 1.36. The van der Waals surface area contributed by atoms with Gasteiger partial charge in [-0.2, -0.15) is 0 Å². The summed E-state index contributed by atoms with van der Waals surface area (Å²) in [6.07, 6.45) is 6.81. The minimum Gasteiger partial charge on any atom is -0.397 e. The summed E-state index contributed by atoms with van der Waals surface area (Å²) in [5.41, 5.74) is 11.6. The molecule has 1 saturated carbocycles. The van der Waals surface area contributed by atoms with E-state index in [2.05, 4.69) is 4.98 Å². The second kappa shape index (κ2) is 5.40. The second-order valence-electron chi connectivity index (χ2n) is 4.44. The molecule has 1 aromatic rings. The standard InChI is InChI=1S/C12H17N3OS/c13-10-6-15-11(5-9(10)12(14)16)17-7-8-3-1-2-4-8/h5-6,8H,1-4,7,13H2,(H2,14,16). The first-order valence-corrected chi connectivity index (χ1v) is 6.83. The van der Waals surface area contributed by atoms with Crippen molar-refractivity contribution in [1.82, 2.24) is 4.98 Å². The van der Waals surface area contributed by atoms with Crippen LogP contribution in [0.15, 0.2) is 17.3 Å². The normalized spacial score (nSPS) is 16.2. The summed E-state index contributed by atoms with van der Waals surface area (Å²) >= 11 is 1.68. The number of aromatic nitrogens is 1. The van der Waals surface area contributed by atoms with Crippen molar-refractivity contribution in [2.75, 3.05) is 11.5 Å². The lowest BCUT2D eigenvalue weighted by molar-refractivity contribution is 0.100. The lowest BCUT2D eigenvalue weighted by Gasteiger charge is -2.08. The number of nitrogen functional groups attached to an aromatic ring is 1. The third-order valence-electron chi connectivity index (χ3n) is 3.12. The van der Waals surface area contributed by atoms with Crippen LogP contribution in [-0.2, 0) is 0 Å². The zero-order valence-electron chi connectivity index (χ0n) is 9.69. The fourth-order valence-corrected chi connectivity index (χ4v) is 3.19. The van der Waals surface area contributed by atoms with E-state index in [1.165, 1.54) is 31.9 Å². The first-order valence-electron chi connectivity index (χ1n) is 5.85. The first-order chi connectivity index (χ1) is 8.16. The number of hydrogen-bond acceptors (Lipinski definition) is 4. The van der Waals surface area contributed by atoms with Crippen molar-refractivity contribution in [2.24, 2.45) is 11.7 Å². The van der Waals surface area contributed by atoms with Crippen LogP contribution >= 0.6 is 11.8 Å². The lowest BCUT2D eigenvalue weighted by atomic mass is 10.1. The Hall–Kier alpha value is -1.23. The molecule has 2 rings (SSSR count). The van der Waals surface area contributed by atoms with E-state index in [0.717, 1.165) is 16.7 Å². The van der Waals surface area contributed by atoms with Crippen LogP contribution in [0.3, 0.4) is 0 Å².